The van der Waals surface area contributed by atoms with E-state index < -0.39 is 0 Å². The van der Waals surface area contributed by atoms with Gasteiger partial charge in [-0.2, -0.15) is 0 Å². The largest absolute Gasteiger partial charge is 0.354 e. The zero-order chi connectivity index (χ0) is 14.7. The van der Waals surface area contributed by atoms with Gasteiger partial charge in [-0.05, 0) is 37.5 Å². The third-order valence-corrected chi connectivity index (χ3v) is 5.14. The second kappa shape index (κ2) is 6.67. The van der Waals surface area contributed by atoms with Gasteiger partial charge in [-0.3, -0.25) is 9.79 Å². The van der Waals surface area contributed by atoms with Crippen LogP contribution in [-0.4, -0.2) is 50.0 Å². The van der Waals surface area contributed by atoms with Gasteiger partial charge in [0.25, 0.3) is 0 Å². The smallest absolute Gasteiger partial charge is 0.223 e. The predicted molar refractivity (Wildman–Crippen MR) is 84.1 cm³/mol. The van der Waals surface area contributed by atoms with Crippen LogP contribution in [0.2, 0.25) is 0 Å². The minimum Gasteiger partial charge on any atom is -0.354 e. The van der Waals surface area contributed by atoms with Crippen molar-refractivity contribution in [2.75, 3.05) is 33.2 Å². The molecule has 2 saturated carbocycles. The number of nitrogens with zero attached hydrogens (tertiary/aromatic N) is 2. The molecular weight excluding hydrogens is 264 g/mol. The van der Waals surface area contributed by atoms with Crippen LogP contribution < -0.4 is 10.6 Å². The van der Waals surface area contributed by atoms with Crippen molar-refractivity contribution in [2.24, 2.45) is 22.7 Å². The van der Waals surface area contributed by atoms with Gasteiger partial charge in [0.05, 0.1) is 0 Å². The number of rotatable bonds is 4. The van der Waals surface area contributed by atoms with Crippen molar-refractivity contribution >= 4 is 11.9 Å². The first-order valence-corrected chi connectivity index (χ1v) is 8.51. The lowest BCUT2D eigenvalue weighted by Gasteiger charge is -2.22. The molecule has 2 N–H and O–H groups in total. The molecule has 2 aliphatic carbocycles. The molecule has 0 radical (unpaired) electrons. The molecule has 1 heterocycles. The third kappa shape index (κ3) is 3.69. The Balaban J connectivity index is 1.39. The number of amides is 1. The lowest BCUT2D eigenvalue weighted by atomic mass is 9.82. The molecule has 1 aliphatic heterocycles. The molecule has 1 amide bonds. The molecule has 0 bridgehead atoms. The molecule has 2 unspecified atom stereocenters. The monoisotopic (exact) mass is 292 g/mol. The first-order chi connectivity index (χ1) is 10.3. The van der Waals surface area contributed by atoms with Gasteiger partial charge in [0.1, 0.15) is 0 Å². The minimum absolute atomic E-state index is 0.221. The average Bonchev–Trinajstić information content (AvgIpc) is 3.26. The van der Waals surface area contributed by atoms with Crippen molar-refractivity contribution in [3.63, 3.8) is 0 Å². The molecule has 3 aliphatic rings. The summed E-state index contributed by atoms with van der Waals surface area (Å²) in [7, 11) is 1.85. The third-order valence-electron chi connectivity index (χ3n) is 5.14. The standard InChI is InChI=1S/C16H28N4O/c1-17-16(19-9-8-18-15(21)12-6-7-12)20-10-13-4-2-3-5-14(13)11-20/h12-14H,2-11H2,1H3,(H,17,19)(H,18,21). The maximum atomic E-state index is 11.6. The quantitative estimate of drug-likeness (QED) is 0.465. The molecule has 0 spiro atoms. The molecule has 5 heteroatoms. The minimum atomic E-state index is 0.221. The highest BCUT2D eigenvalue weighted by molar-refractivity contribution is 5.81. The van der Waals surface area contributed by atoms with Crippen molar-refractivity contribution in [1.82, 2.24) is 15.5 Å². The van der Waals surface area contributed by atoms with Crippen molar-refractivity contribution < 1.29 is 4.79 Å². The lowest BCUT2D eigenvalue weighted by molar-refractivity contribution is -0.122. The van der Waals surface area contributed by atoms with E-state index in [9.17, 15) is 4.79 Å². The summed E-state index contributed by atoms with van der Waals surface area (Å²) in [6, 6.07) is 0. The number of guanidine groups is 1. The number of likely N-dealkylation sites (tertiary alicyclic amines) is 1. The Hall–Kier alpha value is -1.26. The van der Waals surface area contributed by atoms with E-state index in [4.69, 9.17) is 0 Å². The topological polar surface area (TPSA) is 56.7 Å². The van der Waals surface area contributed by atoms with E-state index in [0.717, 1.165) is 50.3 Å². The molecule has 118 valence electrons. The molecule has 0 aromatic carbocycles. The van der Waals surface area contributed by atoms with Crippen LogP contribution in [0.15, 0.2) is 4.99 Å². The van der Waals surface area contributed by atoms with E-state index in [1.807, 2.05) is 7.05 Å². The van der Waals surface area contributed by atoms with Gasteiger partial charge in [-0.15, -0.1) is 0 Å². The molecule has 21 heavy (non-hydrogen) atoms. The van der Waals surface area contributed by atoms with Crippen LogP contribution in [-0.2, 0) is 4.79 Å². The Morgan fingerprint density at radius 3 is 2.24 bits per heavy atom. The highest BCUT2D eigenvalue weighted by atomic mass is 16.2. The molecule has 1 saturated heterocycles. The number of hydrogen-bond acceptors (Lipinski definition) is 2. The fraction of sp³-hybridized carbons (Fsp3) is 0.875. The van der Waals surface area contributed by atoms with E-state index in [1.54, 1.807) is 0 Å². The van der Waals surface area contributed by atoms with Crippen molar-refractivity contribution in [3.05, 3.63) is 0 Å². The van der Waals surface area contributed by atoms with E-state index in [1.165, 1.54) is 25.7 Å². The van der Waals surface area contributed by atoms with Gasteiger partial charge in [0, 0.05) is 39.1 Å². The molecule has 0 aromatic rings. The highest BCUT2D eigenvalue weighted by Gasteiger charge is 2.35. The van der Waals surface area contributed by atoms with E-state index in [-0.39, 0.29) is 5.91 Å². The van der Waals surface area contributed by atoms with Crippen LogP contribution in [0.1, 0.15) is 38.5 Å². The van der Waals surface area contributed by atoms with Crippen molar-refractivity contribution in [3.8, 4) is 0 Å². The molecule has 3 rings (SSSR count). The predicted octanol–water partition coefficient (Wildman–Crippen LogP) is 1.21. The van der Waals surface area contributed by atoms with Crippen LogP contribution >= 0.6 is 0 Å². The zero-order valence-corrected chi connectivity index (χ0v) is 13.1. The number of carbonyl (C=O) groups excluding carboxylic acids is 1. The van der Waals surface area contributed by atoms with Crippen LogP contribution in [0.3, 0.4) is 0 Å². The number of nitrogens with one attached hydrogen (secondary N) is 2. The van der Waals surface area contributed by atoms with Crippen LogP contribution in [0.4, 0.5) is 0 Å². The highest BCUT2D eigenvalue weighted by Crippen LogP contribution is 2.35. The summed E-state index contributed by atoms with van der Waals surface area (Å²) in [5.41, 5.74) is 0. The summed E-state index contributed by atoms with van der Waals surface area (Å²) in [6.45, 7) is 3.75. The van der Waals surface area contributed by atoms with Gasteiger partial charge in [-0.25, -0.2) is 0 Å². The number of fused-ring (bicyclic) bond motifs is 1. The van der Waals surface area contributed by atoms with Crippen LogP contribution in [0, 0.1) is 17.8 Å². The Labute approximate surface area is 127 Å². The summed E-state index contributed by atoms with van der Waals surface area (Å²) < 4.78 is 0. The SMILES string of the molecule is CN=C(NCCNC(=O)C1CC1)N1CC2CCCCC2C1. The summed E-state index contributed by atoms with van der Waals surface area (Å²) in [4.78, 5) is 18.4. The Bertz CT molecular complexity index is 391. The van der Waals surface area contributed by atoms with Crippen molar-refractivity contribution in [2.45, 2.75) is 38.5 Å². The maximum absolute atomic E-state index is 11.6. The first kappa shape index (κ1) is 14.7. The fourth-order valence-corrected chi connectivity index (χ4v) is 3.76. The Morgan fingerprint density at radius 2 is 1.67 bits per heavy atom. The Kier molecular flexibility index (Phi) is 4.66. The van der Waals surface area contributed by atoms with Crippen molar-refractivity contribution in [1.29, 1.82) is 0 Å². The maximum Gasteiger partial charge on any atom is 0.223 e. The molecule has 0 aromatic heterocycles. The first-order valence-electron chi connectivity index (χ1n) is 8.51. The molecular formula is C16H28N4O. The van der Waals surface area contributed by atoms with E-state index in [0.29, 0.717) is 12.5 Å². The van der Waals surface area contributed by atoms with E-state index >= 15 is 0 Å². The molecule has 3 fully saturated rings. The second-order valence-corrected chi connectivity index (χ2v) is 6.75. The number of carbonyl (C=O) groups is 1. The summed E-state index contributed by atoms with van der Waals surface area (Å²) >= 11 is 0. The summed E-state index contributed by atoms with van der Waals surface area (Å²) in [5, 5.41) is 6.39. The van der Waals surface area contributed by atoms with Gasteiger partial charge < -0.3 is 15.5 Å². The van der Waals surface area contributed by atoms with Gasteiger partial charge >= 0.3 is 0 Å². The number of hydrogen-bond donors (Lipinski definition) is 2. The fourth-order valence-electron chi connectivity index (χ4n) is 3.76. The summed E-state index contributed by atoms with van der Waals surface area (Å²) in [6.07, 6.45) is 7.70. The molecule has 5 nitrogen and oxygen atoms in total. The zero-order valence-electron chi connectivity index (χ0n) is 13.1. The van der Waals surface area contributed by atoms with Gasteiger partial charge in [0.2, 0.25) is 5.91 Å². The van der Waals surface area contributed by atoms with E-state index in [2.05, 4.69) is 20.5 Å². The second-order valence-electron chi connectivity index (χ2n) is 6.75. The van der Waals surface area contributed by atoms with Gasteiger partial charge in [0.15, 0.2) is 5.96 Å². The summed E-state index contributed by atoms with van der Waals surface area (Å²) in [5.74, 6) is 3.26. The normalized spacial score (nSPS) is 29.2. The Morgan fingerprint density at radius 1 is 1.05 bits per heavy atom. The number of aliphatic imine (C=N–C) groups is 1. The van der Waals surface area contributed by atoms with Gasteiger partial charge in [-0.1, -0.05) is 12.8 Å². The lowest BCUT2D eigenvalue weighted by Crippen LogP contribution is -2.43. The van der Waals surface area contributed by atoms with Crippen LogP contribution in [0.5, 0.6) is 0 Å². The molecule has 2 atom stereocenters. The van der Waals surface area contributed by atoms with Crippen LogP contribution in [0.25, 0.3) is 0 Å². The average molecular weight is 292 g/mol.